The van der Waals surface area contributed by atoms with Crippen molar-refractivity contribution >= 4 is 33.3 Å². The Kier molecular flexibility index (Phi) is 5.28. The van der Waals surface area contributed by atoms with Crippen LogP contribution in [0.2, 0.25) is 0 Å². The number of hydrogen-bond donors (Lipinski definition) is 1. The molecule has 0 saturated carbocycles. The lowest BCUT2D eigenvalue weighted by molar-refractivity contribution is -0.129. The van der Waals surface area contributed by atoms with Crippen LogP contribution < -0.4 is 5.32 Å². The number of likely N-dealkylation sites (N-methyl/N-ethyl adjacent to an activating group) is 1. The minimum atomic E-state index is 0.0581. The lowest BCUT2D eigenvalue weighted by atomic mass is 10.2. The molecule has 0 atom stereocenters. The SMILES string of the molecule is CCN(Cc1ccccc1)C(=O)CNc1ncnc2sc(C)c(C)c12. The molecular weight excluding hydrogens is 332 g/mol. The van der Waals surface area contributed by atoms with Crippen molar-refractivity contribution in [2.45, 2.75) is 27.3 Å². The molecule has 0 aliphatic rings. The maximum atomic E-state index is 12.6. The Balaban J connectivity index is 1.71. The molecule has 5 nitrogen and oxygen atoms in total. The molecule has 25 heavy (non-hydrogen) atoms. The van der Waals surface area contributed by atoms with Crippen LogP contribution in [0, 0.1) is 13.8 Å². The monoisotopic (exact) mass is 354 g/mol. The van der Waals surface area contributed by atoms with Gasteiger partial charge in [-0.25, -0.2) is 9.97 Å². The Morgan fingerprint density at radius 1 is 1.20 bits per heavy atom. The molecule has 3 aromatic rings. The summed E-state index contributed by atoms with van der Waals surface area (Å²) in [7, 11) is 0. The van der Waals surface area contributed by atoms with Crippen LogP contribution in [-0.2, 0) is 11.3 Å². The molecule has 0 unspecified atom stereocenters. The molecule has 1 N–H and O–H groups in total. The lowest BCUT2D eigenvalue weighted by Gasteiger charge is -2.21. The zero-order chi connectivity index (χ0) is 17.8. The Labute approximate surface area is 151 Å². The molecule has 6 heteroatoms. The molecule has 3 rings (SSSR count). The third-order valence-corrected chi connectivity index (χ3v) is 5.44. The van der Waals surface area contributed by atoms with Gasteiger partial charge in [-0.05, 0) is 31.9 Å². The minimum Gasteiger partial charge on any atom is -0.360 e. The van der Waals surface area contributed by atoms with Crippen molar-refractivity contribution in [3.8, 4) is 0 Å². The number of nitrogens with zero attached hydrogens (tertiary/aromatic N) is 3. The van der Waals surface area contributed by atoms with Crippen LogP contribution in [0.25, 0.3) is 10.2 Å². The summed E-state index contributed by atoms with van der Waals surface area (Å²) in [5.74, 6) is 0.790. The Hall–Kier alpha value is -2.47. The first-order valence-corrected chi connectivity index (χ1v) is 9.18. The summed E-state index contributed by atoms with van der Waals surface area (Å²) in [6, 6.07) is 10.0. The van der Waals surface area contributed by atoms with Crippen LogP contribution in [0.4, 0.5) is 5.82 Å². The third kappa shape index (κ3) is 3.79. The number of rotatable bonds is 6. The predicted molar refractivity (Wildman–Crippen MR) is 103 cm³/mol. The Morgan fingerprint density at radius 3 is 2.68 bits per heavy atom. The van der Waals surface area contributed by atoms with Gasteiger partial charge in [0, 0.05) is 18.0 Å². The van der Waals surface area contributed by atoms with E-state index in [0.717, 1.165) is 21.6 Å². The van der Waals surface area contributed by atoms with Crippen LogP contribution in [0.5, 0.6) is 0 Å². The molecule has 0 fully saturated rings. The highest BCUT2D eigenvalue weighted by Crippen LogP contribution is 2.32. The molecule has 0 spiro atoms. The maximum absolute atomic E-state index is 12.6. The number of nitrogens with one attached hydrogen (secondary N) is 1. The number of aryl methyl sites for hydroxylation is 2. The largest absolute Gasteiger partial charge is 0.360 e. The van der Waals surface area contributed by atoms with E-state index in [1.165, 1.54) is 10.4 Å². The van der Waals surface area contributed by atoms with E-state index in [-0.39, 0.29) is 12.5 Å². The molecule has 0 aliphatic heterocycles. The van der Waals surface area contributed by atoms with E-state index in [1.807, 2.05) is 42.2 Å². The second-order valence-electron chi connectivity index (χ2n) is 5.93. The number of amides is 1. The molecule has 0 aliphatic carbocycles. The van der Waals surface area contributed by atoms with Gasteiger partial charge in [0.2, 0.25) is 5.91 Å². The standard InChI is InChI=1S/C19H22N4OS/c1-4-23(11-15-8-6-5-7-9-15)16(24)10-20-18-17-13(2)14(3)25-19(17)22-12-21-18/h5-9,12H,4,10-11H2,1-3H3,(H,20,21,22). The Bertz CT molecular complexity index is 876. The highest BCUT2D eigenvalue weighted by atomic mass is 32.1. The minimum absolute atomic E-state index is 0.0581. The van der Waals surface area contributed by atoms with E-state index >= 15 is 0 Å². The molecule has 2 heterocycles. The molecule has 2 aromatic heterocycles. The van der Waals surface area contributed by atoms with Crippen LogP contribution in [0.3, 0.4) is 0 Å². The van der Waals surface area contributed by atoms with Gasteiger partial charge in [-0.15, -0.1) is 11.3 Å². The summed E-state index contributed by atoms with van der Waals surface area (Å²) in [5, 5.41) is 4.22. The number of anilines is 1. The topological polar surface area (TPSA) is 58.1 Å². The van der Waals surface area contributed by atoms with Crippen LogP contribution in [0.1, 0.15) is 22.9 Å². The van der Waals surface area contributed by atoms with Crippen molar-refractivity contribution in [3.63, 3.8) is 0 Å². The van der Waals surface area contributed by atoms with Gasteiger partial charge >= 0.3 is 0 Å². The van der Waals surface area contributed by atoms with Crippen molar-refractivity contribution in [1.82, 2.24) is 14.9 Å². The first-order valence-electron chi connectivity index (χ1n) is 8.36. The van der Waals surface area contributed by atoms with Crippen LogP contribution >= 0.6 is 11.3 Å². The van der Waals surface area contributed by atoms with Crippen LogP contribution in [-0.4, -0.2) is 33.9 Å². The van der Waals surface area contributed by atoms with E-state index in [2.05, 4.69) is 29.1 Å². The fourth-order valence-corrected chi connectivity index (χ4v) is 3.76. The normalized spacial score (nSPS) is 10.8. The molecule has 1 amide bonds. The van der Waals surface area contributed by atoms with Gasteiger partial charge in [-0.3, -0.25) is 4.79 Å². The first kappa shape index (κ1) is 17.4. The van der Waals surface area contributed by atoms with Gasteiger partial charge < -0.3 is 10.2 Å². The second-order valence-corrected chi connectivity index (χ2v) is 7.14. The maximum Gasteiger partial charge on any atom is 0.242 e. The van der Waals surface area contributed by atoms with Gasteiger partial charge in [0.1, 0.15) is 17.0 Å². The van der Waals surface area contributed by atoms with Gasteiger partial charge in [0.25, 0.3) is 0 Å². The number of benzene rings is 1. The predicted octanol–water partition coefficient (Wildman–Crippen LogP) is 3.77. The van der Waals surface area contributed by atoms with E-state index in [1.54, 1.807) is 17.7 Å². The fraction of sp³-hybridized carbons (Fsp3) is 0.316. The van der Waals surface area contributed by atoms with Crippen molar-refractivity contribution in [2.75, 3.05) is 18.4 Å². The number of fused-ring (bicyclic) bond motifs is 1. The van der Waals surface area contributed by atoms with Gasteiger partial charge in [-0.2, -0.15) is 0 Å². The first-order chi connectivity index (χ1) is 12.1. The fourth-order valence-electron chi connectivity index (χ4n) is 2.77. The third-order valence-electron chi connectivity index (χ3n) is 4.32. The Morgan fingerprint density at radius 2 is 1.96 bits per heavy atom. The molecule has 130 valence electrons. The van der Waals surface area contributed by atoms with Gasteiger partial charge in [0.15, 0.2) is 0 Å². The zero-order valence-electron chi connectivity index (χ0n) is 14.7. The second kappa shape index (κ2) is 7.61. The highest BCUT2D eigenvalue weighted by Gasteiger charge is 2.15. The highest BCUT2D eigenvalue weighted by molar-refractivity contribution is 7.18. The van der Waals surface area contributed by atoms with E-state index in [0.29, 0.717) is 13.1 Å². The van der Waals surface area contributed by atoms with Crippen molar-refractivity contribution in [1.29, 1.82) is 0 Å². The van der Waals surface area contributed by atoms with Gasteiger partial charge in [-0.1, -0.05) is 30.3 Å². The number of aromatic nitrogens is 2. The summed E-state index contributed by atoms with van der Waals surface area (Å²) in [4.78, 5) is 25.3. The number of thiophene rings is 1. The average molecular weight is 354 g/mol. The number of carbonyl (C=O) groups excluding carboxylic acids is 1. The summed E-state index contributed by atoms with van der Waals surface area (Å²) in [6.07, 6.45) is 1.55. The molecule has 0 bridgehead atoms. The summed E-state index contributed by atoms with van der Waals surface area (Å²) >= 11 is 1.65. The number of carbonyl (C=O) groups is 1. The summed E-state index contributed by atoms with van der Waals surface area (Å²) < 4.78 is 0. The van der Waals surface area contributed by atoms with Crippen molar-refractivity contribution in [2.24, 2.45) is 0 Å². The van der Waals surface area contributed by atoms with E-state index in [4.69, 9.17) is 0 Å². The average Bonchev–Trinajstić information content (AvgIpc) is 2.93. The smallest absolute Gasteiger partial charge is 0.242 e. The quantitative estimate of drug-likeness (QED) is 0.732. The van der Waals surface area contributed by atoms with Gasteiger partial charge in [0.05, 0.1) is 11.9 Å². The zero-order valence-corrected chi connectivity index (χ0v) is 15.6. The summed E-state index contributed by atoms with van der Waals surface area (Å²) in [5.41, 5.74) is 2.30. The summed E-state index contributed by atoms with van der Waals surface area (Å²) in [6.45, 7) is 7.66. The molecule has 0 radical (unpaired) electrons. The van der Waals surface area contributed by atoms with Crippen molar-refractivity contribution in [3.05, 3.63) is 52.7 Å². The van der Waals surface area contributed by atoms with Crippen LogP contribution in [0.15, 0.2) is 36.7 Å². The molecule has 1 aromatic carbocycles. The number of hydrogen-bond acceptors (Lipinski definition) is 5. The van der Waals surface area contributed by atoms with E-state index < -0.39 is 0 Å². The molecule has 0 saturated heterocycles. The van der Waals surface area contributed by atoms with E-state index in [9.17, 15) is 4.79 Å². The lowest BCUT2D eigenvalue weighted by Crippen LogP contribution is -2.35. The van der Waals surface area contributed by atoms with Crippen molar-refractivity contribution < 1.29 is 4.79 Å². The molecular formula is C19H22N4OS.